The highest BCUT2D eigenvalue weighted by Crippen LogP contribution is 2.41. The number of nitrogens with zero attached hydrogens (tertiary/aromatic N) is 4. The smallest absolute Gasteiger partial charge is 0.225 e. The molecule has 0 unspecified atom stereocenters. The third-order valence-corrected chi connectivity index (χ3v) is 5.67. The lowest BCUT2D eigenvalue weighted by molar-refractivity contribution is 0.0375. The number of ether oxygens (including phenoxy) is 1. The molecule has 4 heterocycles. The molecule has 0 saturated carbocycles. The largest absolute Gasteiger partial charge is 0.381 e. The lowest BCUT2D eigenvalue weighted by Crippen LogP contribution is -2.47. The second-order valence-corrected chi connectivity index (χ2v) is 7.14. The quantitative estimate of drug-likeness (QED) is 0.835. The standard InChI is InChI=1S/C17H26N4O/c1-5-17(14-21(9-1)16-18-7-2-8-19-16)6-10-20(13-17)15-3-11-22-12-4-15/h2,7-8,15H,1,3-6,9-14H2/t17-/m1/s1. The summed E-state index contributed by atoms with van der Waals surface area (Å²) in [5, 5.41) is 0. The van der Waals surface area contributed by atoms with Crippen molar-refractivity contribution in [3.8, 4) is 0 Å². The number of hydrogen-bond donors (Lipinski definition) is 0. The highest BCUT2D eigenvalue weighted by atomic mass is 16.5. The fourth-order valence-corrected chi connectivity index (χ4v) is 4.50. The monoisotopic (exact) mass is 302 g/mol. The van der Waals surface area contributed by atoms with Crippen molar-refractivity contribution in [1.82, 2.24) is 14.9 Å². The van der Waals surface area contributed by atoms with Gasteiger partial charge in [0.05, 0.1) is 0 Å². The van der Waals surface area contributed by atoms with Gasteiger partial charge < -0.3 is 9.64 Å². The first-order valence-electron chi connectivity index (χ1n) is 8.69. The summed E-state index contributed by atoms with van der Waals surface area (Å²) in [5.41, 5.74) is 0.454. The summed E-state index contributed by atoms with van der Waals surface area (Å²) in [6.07, 6.45) is 10.1. The summed E-state index contributed by atoms with van der Waals surface area (Å²) in [7, 11) is 0. The first kappa shape index (κ1) is 14.4. The van der Waals surface area contributed by atoms with Crippen LogP contribution in [0.3, 0.4) is 0 Å². The van der Waals surface area contributed by atoms with E-state index < -0.39 is 0 Å². The number of aromatic nitrogens is 2. The van der Waals surface area contributed by atoms with Gasteiger partial charge in [-0.1, -0.05) is 0 Å². The van der Waals surface area contributed by atoms with E-state index in [4.69, 9.17) is 4.74 Å². The van der Waals surface area contributed by atoms with E-state index in [1.807, 2.05) is 18.5 Å². The van der Waals surface area contributed by atoms with Crippen LogP contribution in [0.5, 0.6) is 0 Å². The van der Waals surface area contributed by atoms with Crippen LogP contribution >= 0.6 is 0 Å². The molecule has 3 aliphatic heterocycles. The first-order valence-corrected chi connectivity index (χ1v) is 8.69. The van der Waals surface area contributed by atoms with E-state index in [1.54, 1.807) is 0 Å². The number of rotatable bonds is 2. The second kappa shape index (κ2) is 6.13. The van der Waals surface area contributed by atoms with Gasteiger partial charge in [-0.3, -0.25) is 4.90 Å². The summed E-state index contributed by atoms with van der Waals surface area (Å²) < 4.78 is 5.52. The number of hydrogen-bond acceptors (Lipinski definition) is 5. The molecule has 1 atom stereocenters. The molecule has 1 spiro atoms. The molecular formula is C17H26N4O. The first-order chi connectivity index (χ1) is 10.8. The van der Waals surface area contributed by atoms with Gasteiger partial charge in [0.2, 0.25) is 5.95 Å². The lowest BCUT2D eigenvalue weighted by Gasteiger charge is -2.41. The van der Waals surface area contributed by atoms with Gasteiger partial charge in [0.1, 0.15) is 0 Å². The molecule has 0 amide bonds. The zero-order valence-corrected chi connectivity index (χ0v) is 13.3. The molecule has 3 saturated heterocycles. The normalized spacial score (nSPS) is 31.0. The van der Waals surface area contributed by atoms with Gasteiger partial charge in [0.25, 0.3) is 0 Å². The third-order valence-electron chi connectivity index (χ3n) is 5.67. The van der Waals surface area contributed by atoms with Gasteiger partial charge in [-0.25, -0.2) is 9.97 Å². The molecular weight excluding hydrogens is 276 g/mol. The summed E-state index contributed by atoms with van der Waals surface area (Å²) in [6, 6.07) is 2.64. The fraction of sp³-hybridized carbons (Fsp3) is 0.765. The number of likely N-dealkylation sites (tertiary alicyclic amines) is 1. The number of piperidine rings is 1. The van der Waals surface area contributed by atoms with Gasteiger partial charge in [0, 0.05) is 56.7 Å². The van der Waals surface area contributed by atoms with E-state index in [0.717, 1.165) is 38.3 Å². The van der Waals surface area contributed by atoms with Crippen LogP contribution in [-0.2, 0) is 4.74 Å². The molecule has 4 rings (SSSR count). The summed E-state index contributed by atoms with van der Waals surface area (Å²) in [5.74, 6) is 0.908. The van der Waals surface area contributed by atoms with E-state index in [9.17, 15) is 0 Å². The molecule has 3 aliphatic rings. The number of anilines is 1. The van der Waals surface area contributed by atoms with Crippen LogP contribution < -0.4 is 4.90 Å². The fourth-order valence-electron chi connectivity index (χ4n) is 4.50. The van der Waals surface area contributed by atoms with Crippen LogP contribution in [0, 0.1) is 5.41 Å². The molecule has 1 aromatic heterocycles. The summed E-state index contributed by atoms with van der Waals surface area (Å²) in [4.78, 5) is 14.0. The molecule has 0 radical (unpaired) electrons. The van der Waals surface area contributed by atoms with Crippen molar-refractivity contribution in [2.24, 2.45) is 5.41 Å². The summed E-state index contributed by atoms with van der Waals surface area (Å²) in [6.45, 7) is 6.62. The Labute approximate surface area is 132 Å². The van der Waals surface area contributed by atoms with Crippen molar-refractivity contribution in [2.75, 3.05) is 44.3 Å². The van der Waals surface area contributed by atoms with Crippen molar-refractivity contribution in [3.05, 3.63) is 18.5 Å². The van der Waals surface area contributed by atoms with Crippen molar-refractivity contribution < 1.29 is 4.74 Å². The molecule has 0 bridgehead atoms. The van der Waals surface area contributed by atoms with Crippen LogP contribution in [0.2, 0.25) is 0 Å². The minimum absolute atomic E-state index is 0.454. The zero-order valence-electron chi connectivity index (χ0n) is 13.3. The third kappa shape index (κ3) is 2.84. The molecule has 22 heavy (non-hydrogen) atoms. The Bertz CT molecular complexity index is 491. The Morgan fingerprint density at radius 3 is 2.68 bits per heavy atom. The molecule has 0 aliphatic carbocycles. The molecule has 120 valence electrons. The molecule has 0 N–H and O–H groups in total. The van der Waals surface area contributed by atoms with E-state index in [1.165, 1.54) is 45.2 Å². The Balaban J connectivity index is 1.43. The maximum absolute atomic E-state index is 5.52. The average Bonchev–Trinajstić information content (AvgIpc) is 3.00. The SMILES string of the molecule is c1cnc(N2CCC[C@]3(CCN(C4CCOCC4)C3)C2)nc1. The maximum atomic E-state index is 5.52. The lowest BCUT2D eigenvalue weighted by atomic mass is 9.79. The van der Waals surface area contributed by atoms with Crippen LogP contribution in [-0.4, -0.2) is 60.3 Å². The Hall–Kier alpha value is -1.20. The average molecular weight is 302 g/mol. The van der Waals surface area contributed by atoms with Crippen LogP contribution in [0.25, 0.3) is 0 Å². The van der Waals surface area contributed by atoms with Gasteiger partial charge in [0.15, 0.2) is 0 Å². The van der Waals surface area contributed by atoms with E-state index in [0.29, 0.717) is 5.41 Å². The highest BCUT2D eigenvalue weighted by Gasteiger charge is 2.43. The van der Waals surface area contributed by atoms with Crippen molar-refractivity contribution >= 4 is 5.95 Å². The van der Waals surface area contributed by atoms with Gasteiger partial charge in [-0.2, -0.15) is 0 Å². The van der Waals surface area contributed by atoms with Crippen molar-refractivity contribution in [2.45, 2.75) is 38.1 Å². The van der Waals surface area contributed by atoms with Crippen molar-refractivity contribution in [3.63, 3.8) is 0 Å². The Kier molecular flexibility index (Phi) is 4.01. The molecule has 5 nitrogen and oxygen atoms in total. The highest BCUT2D eigenvalue weighted by molar-refractivity contribution is 5.30. The maximum Gasteiger partial charge on any atom is 0.225 e. The predicted molar refractivity (Wildman–Crippen MR) is 85.9 cm³/mol. The van der Waals surface area contributed by atoms with Crippen LogP contribution in [0.1, 0.15) is 32.1 Å². The van der Waals surface area contributed by atoms with Crippen LogP contribution in [0.4, 0.5) is 5.95 Å². The molecule has 3 fully saturated rings. The van der Waals surface area contributed by atoms with Crippen molar-refractivity contribution in [1.29, 1.82) is 0 Å². The van der Waals surface area contributed by atoms with Crippen LogP contribution in [0.15, 0.2) is 18.5 Å². The topological polar surface area (TPSA) is 41.5 Å². The van der Waals surface area contributed by atoms with E-state index in [-0.39, 0.29) is 0 Å². The van der Waals surface area contributed by atoms with Gasteiger partial charge >= 0.3 is 0 Å². The predicted octanol–water partition coefficient (Wildman–Crippen LogP) is 1.95. The van der Waals surface area contributed by atoms with E-state index >= 15 is 0 Å². The molecule has 1 aromatic rings. The van der Waals surface area contributed by atoms with Gasteiger partial charge in [-0.05, 0) is 44.7 Å². The Morgan fingerprint density at radius 2 is 1.86 bits per heavy atom. The molecule has 0 aromatic carbocycles. The minimum atomic E-state index is 0.454. The van der Waals surface area contributed by atoms with E-state index in [2.05, 4.69) is 19.8 Å². The molecule has 5 heteroatoms. The zero-order chi connectivity index (χ0) is 14.8. The summed E-state index contributed by atoms with van der Waals surface area (Å²) >= 11 is 0. The Morgan fingerprint density at radius 1 is 1.05 bits per heavy atom. The minimum Gasteiger partial charge on any atom is -0.381 e. The van der Waals surface area contributed by atoms with Gasteiger partial charge in [-0.15, -0.1) is 0 Å². The second-order valence-electron chi connectivity index (χ2n) is 7.14.